The molecule has 0 aromatic heterocycles. The average Bonchev–Trinajstić information content (AvgIpc) is 2.85. The maximum Gasteiger partial charge on any atom is 0.323 e. The fourth-order valence-electron chi connectivity index (χ4n) is 3.76. The summed E-state index contributed by atoms with van der Waals surface area (Å²) in [6.07, 6.45) is 1.55. The molecule has 1 aliphatic heterocycles. The lowest BCUT2D eigenvalue weighted by molar-refractivity contribution is 0.262. The SMILES string of the molecule is COc1cc2c(cc1OC)C(Cc1ccc(NC(=O)Nc3ccc(C#N)cc3)cc1)=NCC2. The Morgan fingerprint density at radius 1 is 0.970 bits per heavy atom. The smallest absolute Gasteiger partial charge is 0.323 e. The van der Waals surface area contributed by atoms with Crippen molar-refractivity contribution in [2.24, 2.45) is 4.99 Å². The summed E-state index contributed by atoms with van der Waals surface area (Å²) in [4.78, 5) is 17.0. The highest BCUT2D eigenvalue weighted by atomic mass is 16.5. The molecule has 0 unspecified atom stereocenters. The van der Waals surface area contributed by atoms with Gasteiger partial charge in [0, 0.05) is 35.6 Å². The molecule has 33 heavy (non-hydrogen) atoms. The topological polar surface area (TPSA) is 95.7 Å². The van der Waals surface area contributed by atoms with E-state index in [1.165, 1.54) is 5.56 Å². The third-order valence-corrected chi connectivity index (χ3v) is 5.46. The van der Waals surface area contributed by atoms with Crippen LogP contribution in [0.1, 0.15) is 22.3 Å². The van der Waals surface area contributed by atoms with Crippen LogP contribution in [0.4, 0.5) is 16.2 Å². The summed E-state index contributed by atoms with van der Waals surface area (Å²) in [5.41, 5.74) is 6.23. The number of benzene rings is 3. The fourth-order valence-corrected chi connectivity index (χ4v) is 3.76. The zero-order chi connectivity index (χ0) is 23.2. The Bertz CT molecular complexity index is 1230. The number of fused-ring (bicyclic) bond motifs is 1. The second kappa shape index (κ2) is 9.88. The number of rotatable bonds is 6. The van der Waals surface area contributed by atoms with Crippen LogP contribution in [0, 0.1) is 11.3 Å². The van der Waals surface area contributed by atoms with Crippen molar-refractivity contribution >= 4 is 23.1 Å². The first kappa shape index (κ1) is 21.9. The highest BCUT2D eigenvalue weighted by molar-refractivity contribution is 6.04. The molecule has 166 valence electrons. The summed E-state index contributed by atoms with van der Waals surface area (Å²) in [5, 5.41) is 14.4. The Morgan fingerprint density at radius 2 is 1.58 bits per heavy atom. The lowest BCUT2D eigenvalue weighted by Crippen LogP contribution is -2.19. The second-order valence-corrected chi connectivity index (χ2v) is 7.58. The number of nitriles is 1. The van der Waals surface area contributed by atoms with Crippen molar-refractivity contribution in [2.45, 2.75) is 12.8 Å². The van der Waals surface area contributed by atoms with Gasteiger partial charge in [-0.05, 0) is 66.1 Å². The van der Waals surface area contributed by atoms with E-state index >= 15 is 0 Å². The Hall–Kier alpha value is -4.31. The standard InChI is InChI=1S/C26H24N4O3/c1-32-24-14-19-11-12-28-23(22(19)15-25(24)33-2)13-17-3-7-20(8-4-17)29-26(31)30-21-9-5-18(16-27)6-10-21/h3-10,14-15H,11-13H2,1-2H3,(H2,29,30,31). The van der Waals surface area contributed by atoms with Crippen molar-refractivity contribution in [2.75, 3.05) is 31.4 Å². The number of hydrogen-bond acceptors (Lipinski definition) is 5. The summed E-state index contributed by atoms with van der Waals surface area (Å²) >= 11 is 0. The Kier molecular flexibility index (Phi) is 6.56. The van der Waals surface area contributed by atoms with Gasteiger partial charge in [-0.15, -0.1) is 0 Å². The number of ether oxygens (including phenoxy) is 2. The van der Waals surface area contributed by atoms with Crippen molar-refractivity contribution in [3.05, 3.63) is 82.9 Å². The number of carbonyl (C=O) groups excluding carboxylic acids is 1. The monoisotopic (exact) mass is 440 g/mol. The molecular weight excluding hydrogens is 416 g/mol. The van der Waals surface area contributed by atoms with Crippen molar-refractivity contribution in [1.82, 2.24) is 0 Å². The molecule has 2 N–H and O–H groups in total. The molecule has 0 atom stereocenters. The number of methoxy groups -OCH3 is 2. The normalized spacial score (nSPS) is 12.1. The maximum atomic E-state index is 12.3. The largest absolute Gasteiger partial charge is 0.493 e. The van der Waals surface area contributed by atoms with Gasteiger partial charge in [-0.3, -0.25) is 4.99 Å². The number of aliphatic imine (C=N–C) groups is 1. The zero-order valence-electron chi connectivity index (χ0n) is 18.5. The number of anilines is 2. The van der Waals surface area contributed by atoms with Gasteiger partial charge in [-0.2, -0.15) is 5.26 Å². The van der Waals surface area contributed by atoms with Crippen LogP contribution in [0.5, 0.6) is 11.5 Å². The summed E-state index contributed by atoms with van der Waals surface area (Å²) < 4.78 is 10.9. The molecule has 1 heterocycles. The van der Waals surface area contributed by atoms with Gasteiger partial charge in [0.05, 0.1) is 25.9 Å². The van der Waals surface area contributed by atoms with Crippen LogP contribution in [0.25, 0.3) is 0 Å². The van der Waals surface area contributed by atoms with Gasteiger partial charge in [-0.1, -0.05) is 12.1 Å². The van der Waals surface area contributed by atoms with E-state index in [1.54, 1.807) is 38.5 Å². The third-order valence-electron chi connectivity index (χ3n) is 5.46. The van der Waals surface area contributed by atoms with Crippen LogP contribution < -0.4 is 20.1 Å². The molecular formula is C26H24N4O3. The van der Waals surface area contributed by atoms with Gasteiger partial charge in [-0.25, -0.2) is 4.79 Å². The van der Waals surface area contributed by atoms with E-state index in [1.807, 2.05) is 42.5 Å². The van der Waals surface area contributed by atoms with Crippen LogP contribution in [0.2, 0.25) is 0 Å². The molecule has 3 aromatic rings. The van der Waals surface area contributed by atoms with Crippen LogP contribution in [-0.2, 0) is 12.8 Å². The third kappa shape index (κ3) is 5.13. The van der Waals surface area contributed by atoms with Crippen LogP contribution >= 0.6 is 0 Å². The summed E-state index contributed by atoms with van der Waals surface area (Å²) in [6, 6.07) is 20.1. The molecule has 0 fully saturated rings. The van der Waals surface area contributed by atoms with Crippen LogP contribution in [0.15, 0.2) is 65.7 Å². The summed E-state index contributed by atoms with van der Waals surface area (Å²) in [6.45, 7) is 0.743. The minimum absolute atomic E-state index is 0.348. The first-order chi connectivity index (χ1) is 16.1. The van der Waals surface area contributed by atoms with E-state index in [-0.39, 0.29) is 6.03 Å². The van der Waals surface area contributed by atoms with Crippen LogP contribution in [-0.4, -0.2) is 32.5 Å². The Balaban J connectivity index is 1.41. The first-order valence-electron chi connectivity index (χ1n) is 10.6. The zero-order valence-corrected chi connectivity index (χ0v) is 18.5. The summed E-state index contributed by atoms with van der Waals surface area (Å²) in [5.74, 6) is 1.42. The maximum absolute atomic E-state index is 12.3. The molecule has 0 spiro atoms. The van der Waals surface area contributed by atoms with E-state index in [2.05, 4.69) is 10.6 Å². The number of urea groups is 1. The molecule has 4 rings (SSSR count). The molecule has 1 aliphatic rings. The Labute approximate surface area is 192 Å². The lowest BCUT2D eigenvalue weighted by atomic mass is 9.93. The molecule has 3 aromatic carbocycles. The number of nitrogens with zero attached hydrogens (tertiary/aromatic N) is 2. The van der Waals surface area contributed by atoms with E-state index in [0.29, 0.717) is 29.1 Å². The molecule has 7 nitrogen and oxygen atoms in total. The van der Waals surface area contributed by atoms with Crippen LogP contribution in [0.3, 0.4) is 0 Å². The highest BCUT2D eigenvalue weighted by Gasteiger charge is 2.18. The van der Waals surface area contributed by atoms with Gasteiger partial charge < -0.3 is 20.1 Å². The van der Waals surface area contributed by atoms with Gasteiger partial charge in [0.2, 0.25) is 0 Å². The molecule has 0 saturated heterocycles. The van der Waals surface area contributed by atoms with Crippen molar-refractivity contribution in [3.63, 3.8) is 0 Å². The van der Waals surface area contributed by atoms with Crippen molar-refractivity contribution in [1.29, 1.82) is 5.26 Å². The number of amides is 2. The van der Waals surface area contributed by atoms with Crippen molar-refractivity contribution in [3.8, 4) is 17.6 Å². The molecule has 0 radical (unpaired) electrons. The second-order valence-electron chi connectivity index (χ2n) is 7.58. The fraction of sp³-hybridized carbons (Fsp3) is 0.192. The Morgan fingerprint density at radius 3 is 2.18 bits per heavy atom. The molecule has 7 heteroatoms. The molecule has 0 saturated carbocycles. The van der Waals surface area contributed by atoms with E-state index < -0.39 is 0 Å². The predicted octanol–water partition coefficient (Wildman–Crippen LogP) is 4.81. The van der Waals surface area contributed by atoms with Gasteiger partial charge in [0.25, 0.3) is 0 Å². The summed E-state index contributed by atoms with van der Waals surface area (Å²) in [7, 11) is 3.27. The number of nitrogens with one attached hydrogen (secondary N) is 2. The van der Waals surface area contributed by atoms with Gasteiger partial charge in [0.1, 0.15) is 0 Å². The minimum Gasteiger partial charge on any atom is -0.493 e. The van der Waals surface area contributed by atoms with Crippen molar-refractivity contribution < 1.29 is 14.3 Å². The number of carbonyl (C=O) groups is 1. The molecule has 0 aliphatic carbocycles. The lowest BCUT2D eigenvalue weighted by Gasteiger charge is -2.20. The predicted molar refractivity (Wildman–Crippen MR) is 129 cm³/mol. The highest BCUT2D eigenvalue weighted by Crippen LogP contribution is 2.33. The van der Waals surface area contributed by atoms with Gasteiger partial charge >= 0.3 is 6.03 Å². The average molecular weight is 441 g/mol. The van der Waals surface area contributed by atoms with E-state index in [9.17, 15) is 4.79 Å². The van der Waals surface area contributed by atoms with Gasteiger partial charge in [0.15, 0.2) is 11.5 Å². The number of hydrogen-bond donors (Lipinski definition) is 2. The minimum atomic E-state index is -0.348. The quantitative estimate of drug-likeness (QED) is 0.575. The first-order valence-corrected chi connectivity index (χ1v) is 10.6. The van der Waals surface area contributed by atoms with E-state index in [4.69, 9.17) is 19.7 Å². The molecule has 0 bridgehead atoms. The van der Waals surface area contributed by atoms with E-state index in [0.717, 1.165) is 35.6 Å². The molecule has 2 amide bonds.